The van der Waals surface area contributed by atoms with Gasteiger partial charge in [0.25, 0.3) is 5.91 Å². The van der Waals surface area contributed by atoms with Crippen LogP contribution in [0.15, 0.2) is 78.4 Å². The number of nitrogen functional groups attached to an aromatic ring is 1. The molecule has 0 unspecified atom stereocenters. The van der Waals surface area contributed by atoms with E-state index >= 15 is 0 Å². The number of hydrogen-bond donors (Lipinski definition) is 3. The summed E-state index contributed by atoms with van der Waals surface area (Å²) in [5.74, 6) is -2.05. The molecule has 0 aliphatic rings. The fourth-order valence-corrected chi connectivity index (χ4v) is 3.46. The Morgan fingerprint density at radius 3 is 2.00 bits per heavy atom. The summed E-state index contributed by atoms with van der Waals surface area (Å²) in [6.07, 6.45) is 0.740. The van der Waals surface area contributed by atoms with Crippen molar-refractivity contribution in [2.24, 2.45) is 5.73 Å². The number of rotatable bonds is 9. The van der Waals surface area contributed by atoms with Gasteiger partial charge in [0.1, 0.15) is 11.6 Å². The van der Waals surface area contributed by atoms with Gasteiger partial charge in [-0.05, 0) is 79.6 Å². The molecule has 0 aromatic heterocycles. The van der Waals surface area contributed by atoms with Crippen LogP contribution in [0.25, 0.3) is 6.08 Å². The van der Waals surface area contributed by atoms with E-state index < -0.39 is 23.9 Å². The summed E-state index contributed by atoms with van der Waals surface area (Å²) >= 11 is 0. The van der Waals surface area contributed by atoms with E-state index in [1.807, 2.05) is 0 Å². The Morgan fingerprint density at radius 2 is 1.46 bits per heavy atom. The Bertz CT molecular complexity index is 1410. The van der Waals surface area contributed by atoms with Crippen LogP contribution in [0, 0.1) is 5.41 Å². The van der Waals surface area contributed by atoms with Gasteiger partial charge in [0.2, 0.25) is 0 Å². The topological polar surface area (TPSA) is 160 Å². The number of amides is 2. The highest BCUT2D eigenvalue weighted by molar-refractivity contribution is 6.04. The third kappa shape index (κ3) is 7.62. The van der Waals surface area contributed by atoms with Crippen LogP contribution < -0.4 is 10.5 Å². The van der Waals surface area contributed by atoms with Crippen LogP contribution >= 0.6 is 0 Å². The number of carboxylic acid groups (broad SMARTS) is 1. The fourth-order valence-electron chi connectivity index (χ4n) is 3.46. The lowest BCUT2D eigenvalue weighted by Gasteiger charge is -2.20. The van der Waals surface area contributed by atoms with Gasteiger partial charge in [-0.15, -0.1) is 0 Å². The minimum Gasteiger partial charge on any atom is -0.478 e. The molecular weight excluding hydrogens is 502 g/mol. The summed E-state index contributed by atoms with van der Waals surface area (Å²) in [5, 5.41) is 16.5. The summed E-state index contributed by atoms with van der Waals surface area (Å²) in [6.45, 7) is 3.14. The van der Waals surface area contributed by atoms with E-state index in [-0.39, 0.29) is 35.7 Å². The van der Waals surface area contributed by atoms with Crippen molar-refractivity contribution in [2.75, 3.05) is 6.61 Å². The molecule has 3 aromatic carbocycles. The third-order valence-electron chi connectivity index (χ3n) is 5.52. The molecule has 0 heterocycles. The molecule has 39 heavy (non-hydrogen) atoms. The number of carbonyl (C=O) groups excluding carboxylic acids is 3. The minimum absolute atomic E-state index is 0.0712. The quantitative estimate of drug-likeness (QED) is 0.120. The predicted octanol–water partition coefficient (Wildman–Crippen LogP) is 4.48. The molecule has 0 bridgehead atoms. The monoisotopic (exact) mass is 529 g/mol. The van der Waals surface area contributed by atoms with Crippen LogP contribution in [-0.2, 0) is 16.1 Å². The standard InChI is InChI=1S/C29H27N3O7/c1-3-38-29(37)32(17-20-6-8-22(9-7-20)27(34)35)26(33)18(2)16-19-4-10-23(11-5-19)28(36)39-24-14-12-21(13-15-24)25(30)31/h4-16H,3,17H2,1-2H3,(H3,30,31)(H,34,35)/b18-16+. The van der Waals surface area contributed by atoms with Crippen molar-refractivity contribution in [3.05, 3.63) is 106 Å². The van der Waals surface area contributed by atoms with E-state index in [1.54, 1.807) is 56.3 Å². The molecular formula is C29H27N3O7. The van der Waals surface area contributed by atoms with Crippen LogP contribution in [0.1, 0.15) is 51.3 Å². The number of amidine groups is 1. The van der Waals surface area contributed by atoms with E-state index in [4.69, 9.17) is 25.7 Å². The molecule has 3 aromatic rings. The van der Waals surface area contributed by atoms with Crippen molar-refractivity contribution >= 4 is 35.9 Å². The summed E-state index contributed by atoms with van der Waals surface area (Å²) in [5.41, 5.74) is 7.70. The van der Waals surface area contributed by atoms with Gasteiger partial charge in [-0.25, -0.2) is 19.3 Å². The smallest absolute Gasteiger partial charge is 0.417 e. The van der Waals surface area contributed by atoms with Crippen molar-refractivity contribution < 1.29 is 33.8 Å². The van der Waals surface area contributed by atoms with E-state index in [1.165, 1.54) is 36.4 Å². The van der Waals surface area contributed by atoms with E-state index in [0.29, 0.717) is 22.4 Å². The molecule has 0 aliphatic carbocycles. The fraction of sp³-hybridized carbons (Fsp3) is 0.138. The van der Waals surface area contributed by atoms with Gasteiger partial charge in [-0.3, -0.25) is 10.2 Å². The molecule has 0 radical (unpaired) electrons. The summed E-state index contributed by atoms with van der Waals surface area (Å²) in [7, 11) is 0. The van der Waals surface area contributed by atoms with Gasteiger partial charge < -0.3 is 20.3 Å². The number of ether oxygens (including phenoxy) is 2. The first kappa shape index (κ1) is 28.3. The zero-order valence-electron chi connectivity index (χ0n) is 21.3. The molecule has 200 valence electrons. The third-order valence-corrected chi connectivity index (χ3v) is 5.52. The molecule has 10 heteroatoms. The largest absolute Gasteiger partial charge is 0.478 e. The van der Waals surface area contributed by atoms with Gasteiger partial charge in [-0.2, -0.15) is 0 Å². The number of nitrogens with two attached hydrogens (primary N) is 1. The minimum atomic E-state index is -1.08. The van der Waals surface area contributed by atoms with E-state index in [9.17, 15) is 19.2 Å². The molecule has 10 nitrogen and oxygen atoms in total. The highest BCUT2D eigenvalue weighted by atomic mass is 16.6. The van der Waals surface area contributed by atoms with Crippen LogP contribution in [0.3, 0.4) is 0 Å². The number of benzene rings is 3. The molecule has 0 saturated heterocycles. The molecule has 0 fully saturated rings. The lowest BCUT2D eigenvalue weighted by atomic mass is 10.1. The highest BCUT2D eigenvalue weighted by Crippen LogP contribution is 2.17. The lowest BCUT2D eigenvalue weighted by Crippen LogP contribution is -2.37. The second kappa shape index (κ2) is 12.8. The van der Waals surface area contributed by atoms with E-state index in [2.05, 4.69) is 0 Å². The molecule has 0 spiro atoms. The number of esters is 1. The number of carbonyl (C=O) groups is 4. The Hall–Kier alpha value is -5.25. The second-order valence-electron chi connectivity index (χ2n) is 8.37. The maximum Gasteiger partial charge on any atom is 0.417 e. The number of nitrogens with zero attached hydrogens (tertiary/aromatic N) is 1. The predicted molar refractivity (Wildman–Crippen MR) is 143 cm³/mol. The molecule has 4 N–H and O–H groups in total. The first-order chi connectivity index (χ1) is 18.6. The molecule has 0 atom stereocenters. The Morgan fingerprint density at radius 1 is 0.897 bits per heavy atom. The van der Waals surface area contributed by atoms with Crippen LogP contribution in [0.4, 0.5) is 4.79 Å². The lowest BCUT2D eigenvalue weighted by molar-refractivity contribution is -0.125. The van der Waals surface area contributed by atoms with Crippen molar-refractivity contribution in [1.82, 2.24) is 4.90 Å². The van der Waals surface area contributed by atoms with E-state index in [0.717, 1.165) is 4.90 Å². The number of nitrogens with one attached hydrogen (secondary N) is 1. The first-order valence-corrected chi connectivity index (χ1v) is 11.8. The van der Waals surface area contributed by atoms with Gasteiger partial charge >= 0.3 is 18.0 Å². The van der Waals surface area contributed by atoms with Crippen molar-refractivity contribution in [3.8, 4) is 5.75 Å². The van der Waals surface area contributed by atoms with Crippen LogP contribution in [0.5, 0.6) is 5.75 Å². The van der Waals surface area contributed by atoms with Gasteiger partial charge in [0, 0.05) is 11.1 Å². The second-order valence-corrected chi connectivity index (χ2v) is 8.37. The highest BCUT2D eigenvalue weighted by Gasteiger charge is 2.24. The normalized spacial score (nSPS) is 10.9. The average molecular weight is 530 g/mol. The average Bonchev–Trinajstić information content (AvgIpc) is 2.92. The maximum absolute atomic E-state index is 13.2. The van der Waals surface area contributed by atoms with Crippen LogP contribution in [-0.4, -0.2) is 46.4 Å². The maximum atomic E-state index is 13.2. The van der Waals surface area contributed by atoms with Gasteiger partial charge in [0.05, 0.1) is 24.3 Å². The molecule has 3 rings (SSSR count). The number of imide groups is 1. The SMILES string of the molecule is CCOC(=O)N(Cc1ccc(C(=O)O)cc1)C(=O)/C(C)=C/c1ccc(C(=O)Oc2ccc(C(=N)N)cc2)cc1. The van der Waals surface area contributed by atoms with Crippen molar-refractivity contribution in [2.45, 2.75) is 20.4 Å². The zero-order valence-corrected chi connectivity index (χ0v) is 21.3. The molecule has 0 saturated carbocycles. The molecule has 0 aliphatic heterocycles. The Kier molecular flexibility index (Phi) is 9.31. The van der Waals surface area contributed by atoms with Crippen LogP contribution in [0.2, 0.25) is 0 Å². The summed E-state index contributed by atoms with van der Waals surface area (Å²) in [4.78, 5) is 50.2. The number of aromatic carboxylic acids is 1. The Labute approximate surface area is 224 Å². The summed E-state index contributed by atoms with van der Waals surface area (Å²) in [6, 6.07) is 18.4. The van der Waals surface area contributed by atoms with Crippen molar-refractivity contribution in [3.63, 3.8) is 0 Å². The zero-order chi connectivity index (χ0) is 28.5. The van der Waals surface area contributed by atoms with Crippen molar-refractivity contribution in [1.29, 1.82) is 5.41 Å². The summed E-state index contributed by atoms with van der Waals surface area (Å²) < 4.78 is 10.4. The van der Waals surface area contributed by atoms with Gasteiger partial charge in [0.15, 0.2) is 0 Å². The number of carboxylic acids is 1. The Balaban J connectivity index is 1.72. The number of hydrogen-bond acceptors (Lipinski definition) is 7. The first-order valence-electron chi connectivity index (χ1n) is 11.8. The molecule has 2 amide bonds. The van der Waals surface area contributed by atoms with Gasteiger partial charge in [-0.1, -0.05) is 24.3 Å².